The van der Waals surface area contributed by atoms with Crippen molar-refractivity contribution >= 4 is 15.9 Å². The van der Waals surface area contributed by atoms with Crippen LogP contribution in [-0.2, 0) is 6.42 Å². The fourth-order valence-corrected chi connectivity index (χ4v) is 2.04. The normalized spacial score (nSPS) is 23.3. The number of nitrogens with two attached hydrogens (primary N) is 1. The summed E-state index contributed by atoms with van der Waals surface area (Å²) < 4.78 is 0.933. The van der Waals surface area contributed by atoms with Crippen LogP contribution in [0.2, 0.25) is 0 Å². The molecule has 0 saturated heterocycles. The van der Waals surface area contributed by atoms with Crippen LogP contribution in [0.25, 0.3) is 0 Å². The van der Waals surface area contributed by atoms with E-state index in [1.54, 1.807) is 0 Å². The van der Waals surface area contributed by atoms with Gasteiger partial charge in [-0.3, -0.25) is 5.10 Å². The van der Waals surface area contributed by atoms with Gasteiger partial charge >= 0.3 is 0 Å². The van der Waals surface area contributed by atoms with Gasteiger partial charge in [-0.05, 0) is 35.2 Å². The number of halogens is 1. The standard InChI is InChI=1S/C7H10BrN3/c8-7-4-2-1-3-5(9)6(4)10-11-7/h5H,1-3,9H2,(H,10,11). The molecule has 60 valence electrons. The zero-order valence-corrected chi connectivity index (χ0v) is 7.69. The van der Waals surface area contributed by atoms with E-state index < -0.39 is 0 Å². The zero-order chi connectivity index (χ0) is 7.84. The van der Waals surface area contributed by atoms with E-state index in [1.807, 2.05) is 0 Å². The summed E-state index contributed by atoms with van der Waals surface area (Å²) in [6, 6.07) is 0.164. The number of nitrogens with one attached hydrogen (secondary N) is 1. The molecule has 0 saturated carbocycles. The van der Waals surface area contributed by atoms with E-state index in [2.05, 4.69) is 26.1 Å². The summed E-state index contributed by atoms with van der Waals surface area (Å²) in [4.78, 5) is 0. The Balaban J connectivity index is 2.46. The average molecular weight is 216 g/mol. The molecule has 1 atom stereocenters. The molecule has 1 aliphatic rings. The molecular weight excluding hydrogens is 206 g/mol. The number of hydrogen-bond acceptors (Lipinski definition) is 2. The predicted octanol–water partition coefficient (Wildman–Crippen LogP) is 1.51. The van der Waals surface area contributed by atoms with E-state index in [1.165, 1.54) is 12.0 Å². The summed E-state index contributed by atoms with van der Waals surface area (Å²) in [7, 11) is 0. The Hall–Kier alpha value is -0.350. The summed E-state index contributed by atoms with van der Waals surface area (Å²) >= 11 is 3.38. The SMILES string of the molecule is NC1CCCc2c(Br)n[nH]c21. The first-order chi connectivity index (χ1) is 5.29. The van der Waals surface area contributed by atoms with E-state index in [4.69, 9.17) is 5.73 Å². The van der Waals surface area contributed by atoms with Crippen molar-refractivity contribution in [2.75, 3.05) is 0 Å². The molecule has 0 fully saturated rings. The second-order valence-corrected chi connectivity index (χ2v) is 3.66. The molecule has 3 nitrogen and oxygen atoms in total. The maximum absolute atomic E-state index is 5.87. The first-order valence-corrected chi connectivity index (χ1v) is 4.56. The number of aromatic nitrogens is 2. The minimum atomic E-state index is 0.164. The van der Waals surface area contributed by atoms with Crippen molar-refractivity contribution in [3.8, 4) is 0 Å². The molecule has 3 N–H and O–H groups in total. The molecule has 1 aromatic heterocycles. The lowest BCUT2D eigenvalue weighted by Crippen LogP contribution is -2.16. The minimum Gasteiger partial charge on any atom is -0.323 e. The maximum atomic E-state index is 5.87. The maximum Gasteiger partial charge on any atom is 0.131 e. The van der Waals surface area contributed by atoms with Crippen molar-refractivity contribution < 1.29 is 0 Å². The third-order valence-corrected chi connectivity index (χ3v) is 2.82. The van der Waals surface area contributed by atoms with Crippen molar-refractivity contribution in [1.29, 1.82) is 0 Å². The number of H-pyrrole nitrogens is 1. The van der Waals surface area contributed by atoms with Crippen molar-refractivity contribution in [3.63, 3.8) is 0 Å². The number of hydrogen-bond donors (Lipinski definition) is 2. The van der Waals surface area contributed by atoms with Gasteiger partial charge in [0, 0.05) is 11.6 Å². The molecule has 1 unspecified atom stereocenters. The molecule has 1 heterocycles. The van der Waals surface area contributed by atoms with Crippen LogP contribution < -0.4 is 5.73 Å². The van der Waals surface area contributed by atoms with Crippen LogP contribution in [0.15, 0.2) is 4.60 Å². The van der Waals surface area contributed by atoms with Gasteiger partial charge in [-0.2, -0.15) is 5.10 Å². The quantitative estimate of drug-likeness (QED) is 0.690. The molecule has 2 rings (SSSR count). The number of nitrogens with zero attached hydrogens (tertiary/aromatic N) is 1. The number of fused-ring (bicyclic) bond motifs is 1. The average Bonchev–Trinajstić information content (AvgIpc) is 2.35. The second-order valence-electron chi connectivity index (χ2n) is 2.91. The van der Waals surface area contributed by atoms with Crippen LogP contribution in [0.1, 0.15) is 30.1 Å². The van der Waals surface area contributed by atoms with Gasteiger partial charge in [0.2, 0.25) is 0 Å². The molecule has 1 aromatic rings. The largest absolute Gasteiger partial charge is 0.323 e. The molecule has 0 aromatic carbocycles. The third-order valence-electron chi connectivity index (χ3n) is 2.16. The summed E-state index contributed by atoms with van der Waals surface area (Å²) in [5.74, 6) is 0. The van der Waals surface area contributed by atoms with Crippen molar-refractivity contribution in [2.45, 2.75) is 25.3 Å². The minimum absolute atomic E-state index is 0.164. The lowest BCUT2D eigenvalue weighted by molar-refractivity contribution is 0.558. The van der Waals surface area contributed by atoms with Crippen LogP contribution >= 0.6 is 15.9 Å². The van der Waals surface area contributed by atoms with E-state index >= 15 is 0 Å². The summed E-state index contributed by atoms with van der Waals surface area (Å²) in [5, 5.41) is 7.01. The number of aromatic amines is 1. The Labute approximate surface area is 73.5 Å². The smallest absolute Gasteiger partial charge is 0.131 e. The molecule has 0 bridgehead atoms. The number of rotatable bonds is 0. The Bertz CT molecular complexity index is 269. The molecular formula is C7H10BrN3. The van der Waals surface area contributed by atoms with Gasteiger partial charge in [0.05, 0.1) is 5.69 Å². The molecule has 0 amide bonds. The summed E-state index contributed by atoms with van der Waals surface area (Å²) in [6.45, 7) is 0. The van der Waals surface area contributed by atoms with Gasteiger partial charge in [-0.15, -0.1) is 0 Å². The van der Waals surface area contributed by atoms with Gasteiger partial charge in [0.25, 0.3) is 0 Å². The van der Waals surface area contributed by atoms with E-state index in [9.17, 15) is 0 Å². The van der Waals surface area contributed by atoms with Gasteiger partial charge in [-0.25, -0.2) is 0 Å². The Morgan fingerprint density at radius 2 is 2.45 bits per heavy atom. The first kappa shape index (κ1) is 7.31. The first-order valence-electron chi connectivity index (χ1n) is 3.77. The topological polar surface area (TPSA) is 54.7 Å². The van der Waals surface area contributed by atoms with Crippen molar-refractivity contribution in [2.24, 2.45) is 5.73 Å². The predicted molar refractivity (Wildman–Crippen MR) is 46.2 cm³/mol. The molecule has 4 heteroatoms. The highest BCUT2D eigenvalue weighted by atomic mass is 79.9. The van der Waals surface area contributed by atoms with Crippen LogP contribution in [0, 0.1) is 0 Å². The highest BCUT2D eigenvalue weighted by Crippen LogP contribution is 2.30. The molecule has 0 aliphatic heterocycles. The summed E-state index contributed by atoms with van der Waals surface area (Å²) in [5.41, 5.74) is 8.25. The highest BCUT2D eigenvalue weighted by Gasteiger charge is 2.21. The van der Waals surface area contributed by atoms with E-state index in [0.29, 0.717) is 0 Å². The zero-order valence-electron chi connectivity index (χ0n) is 6.10. The highest BCUT2D eigenvalue weighted by molar-refractivity contribution is 9.10. The van der Waals surface area contributed by atoms with Crippen LogP contribution in [-0.4, -0.2) is 10.2 Å². The van der Waals surface area contributed by atoms with Crippen LogP contribution in [0.5, 0.6) is 0 Å². The van der Waals surface area contributed by atoms with Gasteiger partial charge in [-0.1, -0.05) is 0 Å². The Morgan fingerprint density at radius 1 is 1.64 bits per heavy atom. The fraction of sp³-hybridized carbons (Fsp3) is 0.571. The fourth-order valence-electron chi connectivity index (χ4n) is 1.54. The van der Waals surface area contributed by atoms with Crippen LogP contribution in [0.4, 0.5) is 0 Å². The van der Waals surface area contributed by atoms with Gasteiger partial charge < -0.3 is 5.73 Å². The van der Waals surface area contributed by atoms with Crippen LogP contribution in [0.3, 0.4) is 0 Å². The Morgan fingerprint density at radius 3 is 3.18 bits per heavy atom. The summed E-state index contributed by atoms with van der Waals surface area (Å²) in [6.07, 6.45) is 3.34. The van der Waals surface area contributed by atoms with E-state index in [0.717, 1.165) is 23.1 Å². The van der Waals surface area contributed by atoms with Gasteiger partial charge in [0.15, 0.2) is 0 Å². The van der Waals surface area contributed by atoms with E-state index in [-0.39, 0.29) is 6.04 Å². The lowest BCUT2D eigenvalue weighted by Gasteiger charge is -2.16. The molecule has 0 radical (unpaired) electrons. The molecule has 1 aliphatic carbocycles. The molecule has 0 spiro atoms. The van der Waals surface area contributed by atoms with Crippen molar-refractivity contribution in [3.05, 3.63) is 15.9 Å². The molecule has 11 heavy (non-hydrogen) atoms. The third kappa shape index (κ3) is 1.10. The lowest BCUT2D eigenvalue weighted by atomic mass is 9.95. The van der Waals surface area contributed by atoms with Crippen molar-refractivity contribution in [1.82, 2.24) is 10.2 Å². The second kappa shape index (κ2) is 2.60. The Kier molecular flexibility index (Phi) is 1.73. The van der Waals surface area contributed by atoms with Gasteiger partial charge in [0.1, 0.15) is 4.60 Å². The monoisotopic (exact) mass is 215 g/mol.